The fourth-order valence-electron chi connectivity index (χ4n) is 2.04. The Bertz CT molecular complexity index is 341. The first-order valence-electron chi connectivity index (χ1n) is 5.91. The Morgan fingerprint density at radius 3 is 2.44 bits per heavy atom. The molecule has 1 fully saturated rings. The van der Waals surface area contributed by atoms with Crippen molar-refractivity contribution in [1.82, 2.24) is 5.32 Å². The van der Waals surface area contributed by atoms with Gasteiger partial charge in [0.15, 0.2) is 0 Å². The van der Waals surface area contributed by atoms with E-state index in [2.05, 4.69) is 12.2 Å². The predicted octanol–water partition coefficient (Wildman–Crippen LogP) is 4.44. The third-order valence-electron chi connectivity index (χ3n) is 3.02. The Morgan fingerprint density at radius 1 is 1.31 bits per heavy atom. The molecule has 0 aliphatic heterocycles. The Labute approximate surface area is 107 Å². The molecule has 16 heavy (non-hydrogen) atoms. The SMILES string of the molecule is CCCNC(c1c(Cl)cccc1Cl)C1CC1. The number of rotatable bonds is 5. The summed E-state index contributed by atoms with van der Waals surface area (Å²) in [6, 6.07) is 6.08. The summed E-state index contributed by atoms with van der Waals surface area (Å²) in [4.78, 5) is 0. The van der Waals surface area contributed by atoms with E-state index in [1.54, 1.807) is 0 Å². The van der Waals surface area contributed by atoms with E-state index >= 15 is 0 Å². The largest absolute Gasteiger partial charge is 0.310 e. The van der Waals surface area contributed by atoms with Crippen LogP contribution in [0.5, 0.6) is 0 Å². The van der Waals surface area contributed by atoms with E-state index in [-0.39, 0.29) is 0 Å². The van der Waals surface area contributed by atoms with Gasteiger partial charge in [-0.3, -0.25) is 0 Å². The topological polar surface area (TPSA) is 12.0 Å². The molecule has 1 saturated carbocycles. The molecule has 1 aliphatic carbocycles. The molecule has 0 saturated heterocycles. The van der Waals surface area contributed by atoms with Crippen LogP contribution in [0.1, 0.15) is 37.8 Å². The minimum Gasteiger partial charge on any atom is -0.310 e. The van der Waals surface area contributed by atoms with Crippen LogP contribution < -0.4 is 5.32 Å². The Kier molecular flexibility index (Phi) is 4.12. The second-order valence-electron chi connectivity index (χ2n) is 4.40. The quantitative estimate of drug-likeness (QED) is 0.823. The lowest BCUT2D eigenvalue weighted by molar-refractivity contribution is 0.481. The van der Waals surface area contributed by atoms with Crippen molar-refractivity contribution in [3.05, 3.63) is 33.8 Å². The maximum Gasteiger partial charge on any atom is 0.0468 e. The van der Waals surface area contributed by atoms with Gasteiger partial charge in [-0.05, 0) is 43.9 Å². The van der Waals surface area contributed by atoms with E-state index < -0.39 is 0 Å². The monoisotopic (exact) mass is 257 g/mol. The first-order valence-corrected chi connectivity index (χ1v) is 6.67. The van der Waals surface area contributed by atoms with Gasteiger partial charge >= 0.3 is 0 Å². The molecule has 0 aromatic heterocycles. The van der Waals surface area contributed by atoms with E-state index in [1.165, 1.54) is 12.8 Å². The van der Waals surface area contributed by atoms with E-state index in [0.29, 0.717) is 12.0 Å². The number of hydrogen-bond acceptors (Lipinski definition) is 1. The average molecular weight is 258 g/mol. The molecule has 1 aromatic rings. The molecule has 1 aromatic carbocycles. The third-order valence-corrected chi connectivity index (χ3v) is 3.68. The van der Waals surface area contributed by atoms with E-state index in [0.717, 1.165) is 28.6 Å². The summed E-state index contributed by atoms with van der Waals surface area (Å²) in [5.41, 5.74) is 1.08. The van der Waals surface area contributed by atoms with Gasteiger partial charge in [0.2, 0.25) is 0 Å². The van der Waals surface area contributed by atoms with Crippen LogP contribution >= 0.6 is 23.2 Å². The van der Waals surface area contributed by atoms with Crippen LogP contribution in [0.4, 0.5) is 0 Å². The molecule has 0 radical (unpaired) electrons. The van der Waals surface area contributed by atoms with E-state index in [9.17, 15) is 0 Å². The molecule has 0 bridgehead atoms. The summed E-state index contributed by atoms with van der Waals surface area (Å²) in [5, 5.41) is 5.13. The highest BCUT2D eigenvalue weighted by Crippen LogP contribution is 2.45. The fourth-order valence-corrected chi connectivity index (χ4v) is 2.67. The first kappa shape index (κ1) is 12.2. The molecule has 0 heterocycles. The zero-order chi connectivity index (χ0) is 11.5. The van der Waals surface area contributed by atoms with Crippen LogP contribution in [-0.2, 0) is 0 Å². The van der Waals surface area contributed by atoms with Crippen LogP contribution in [0.15, 0.2) is 18.2 Å². The van der Waals surface area contributed by atoms with Gasteiger partial charge in [0.1, 0.15) is 0 Å². The molecule has 3 heteroatoms. The smallest absolute Gasteiger partial charge is 0.0468 e. The van der Waals surface area contributed by atoms with Crippen LogP contribution in [0.2, 0.25) is 10.0 Å². The van der Waals surface area contributed by atoms with Crippen LogP contribution in [0, 0.1) is 5.92 Å². The summed E-state index contributed by atoms with van der Waals surface area (Å²) in [6.07, 6.45) is 3.69. The second kappa shape index (κ2) is 5.39. The maximum atomic E-state index is 6.25. The van der Waals surface area contributed by atoms with Crippen LogP contribution in [-0.4, -0.2) is 6.54 Å². The molecular weight excluding hydrogens is 241 g/mol. The molecule has 1 unspecified atom stereocenters. The number of hydrogen-bond donors (Lipinski definition) is 1. The van der Waals surface area contributed by atoms with Gasteiger partial charge in [-0.15, -0.1) is 0 Å². The van der Waals surface area contributed by atoms with Crippen LogP contribution in [0.25, 0.3) is 0 Å². The maximum absolute atomic E-state index is 6.25. The van der Waals surface area contributed by atoms with Crippen molar-refractivity contribution < 1.29 is 0 Å². The second-order valence-corrected chi connectivity index (χ2v) is 5.22. The van der Waals surface area contributed by atoms with Crippen molar-refractivity contribution in [2.75, 3.05) is 6.54 Å². The number of halogens is 2. The third kappa shape index (κ3) is 2.71. The first-order chi connectivity index (χ1) is 7.74. The summed E-state index contributed by atoms with van der Waals surface area (Å²) in [7, 11) is 0. The van der Waals surface area contributed by atoms with E-state index in [1.807, 2.05) is 18.2 Å². The molecule has 0 amide bonds. The standard InChI is InChI=1S/C13H17Cl2N/c1-2-8-16-13(9-6-7-9)12-10(14)4-3-5-11(12)15/h3-5,9,13,16H,2,6-8H2,1H3. The predicted molar refractivity (Wildman–Crippen MR) is 70.2 cm³/mol. The van der Waals surface area contributed by atoms with Crippen molar-refractivity contribution in [3.8, 4) is 0 Å². The van der Waals surface area contributed by atoms with Crippen molar-refractivity contribution >= 4 is 23.2 Å². The molecule has 88 valence electrons. The van der Waals surface area contributed by atoms with Crippen molar-refractivity contribution in [2.45, 2.75) is 32.2 Å². The molecule has 1 N–H and O–H groups in total. The summed E-state index contributed by atoms with van der Waals surface area (Å²) in [5.74, 6) is 0.712. The highest BCUT2D eigenvalue weighted by molar-refractivity contribution is 6.36. The van der Waals surface area contributed by atoms with Gasteiger partial charge in [0, 0.05) is 21.7 Å². The normalized spacial score (nSPS) is 17.4. The molecular formula is C13H17Cl2N. The van der Waals surface area contributed by atoms with Crippen molar-refractivity contribution in [3.63, 3.8) is 0 Å². The minimum atomic E-state index is 0.334. The number of nitrogens with one attached hydrogen (secondary N) is 1. The summed E-state index contributed by atoms with van der Waals surface area (Å²) in [6.45, 7) is 3.19. The van der Waals surface area contributed by atoms with Crippen molar-refractivity contribution in [1.29, 1.82) is 0 Å². The lowest BCUT2D eigenvalue weighted by atomic mass is 10.0. The molecule has 1 atom stereocenters. The van der Waals surface area contributed by atoms with Gasteiger partial charge in [0.05, 0.1) is 0 Å². The van der Waals surface area contributed by atoms with Crippen LogP contribution in [0.3, 0.4) is 0 Å². The zero-order valence-electron chi connectivity index (χ0n) is 9.47. The van der Waals surface area contributed by atoms with Gasteiger partial charge in [-0.25, -0.2) is 0 Å². The van der Waals surface area contributed by atoms with Gasteiger partial charge < -0.3 is 5.32 Å². The van der Waals surface area contributed by atoms with Gasteiger partial charge in [-0.2, -0.15) is 0 Å². The number of benzene rings is 1. The lowest BCUT2D eigenvalue weighted by Gasteiger charge is -2.21. The zero-order valence-corrected chi connectivity index (χ0v) is 11.0. The van der Waals surface area contributed by atoms with Gasteiger partial charge in [-0.1, -0.05) is 36.2 Å². The fraction of sp³-hybridized carbons (Fsp3) is 0.538. The molecule has 2 rings (SSSR count). The summed E-state index contributed by atoms with van der Waals surface area (Å²) < 4.78 is 0. The Morgan fingerprint density at radius 2 is 1.94 bits per heavy atom. The highest BCUT2D eigenvalue weighted by atomic mass is 35.5. The van der Waals surface area contributed by atoms with Gasteiger partial charge in [0.25, 0.3) is 0 Å². The average Bonchev–Trinajstić information content (AvgIpc) is 3.06. The molecule has 1 aliphatic rings. The van der Waals surface area contributed by atoms with E-state index in [4.69, 9.17) is 23.2 Å². The Hall–Kier alpha value is -0.240. The summed E-state index contributed by atoms with van der Waals surface area (Å²) >= 11 is 12.5. The minimum absolute atomic E-state index is 0.334. The Balaban J connectivity index is 2.23. The lowest BCUT2D eigenvalue weighted by Crippen LogP contribution is -2.24. The molecule has 1 nitrogen and oxygen atoms in total. The highest BCUT2D eigenvalue weighted by Gasteiger charge is 2.34. The molecule has 0 spiro atoms. The van der Waals surface area contributed by atoms with Crippen molar-refractivity contribution in [2.24, 2.45) is 5.92 Å².